The van der Waals surface area contributed by atoms with Gasteiger partial charge >= 0.3 is 12.0 Å². The molecule has 1 saturated heterocycles. The van der Waals surface area contributed by atoms with Crippen molar-refractivity contribution in [2.75, 3.05) is 16.6 Å². The number of esters is 1. The Labute approximate surface area is 169 Å². The standard InChI is InChI=1S/C19H25N3O6S/c1-13(17(23)21-19(25)20-15-5-2-3-6-15)28-18(24)14-7-9-16(10-8-14)22-11-4-12-29(22,26)27/h7-10,13,15H,2-6,11-12H2,1H3,(H2,20,21,23,25). The number of urea groups is 1. The monoisotopic (exact) mass is 423 g/mol. The third-order valence-corrected chi connectivity index (χ3v) is 6.94. The normalized spacial score (nSPS) is 19.6. The van der Waals surface area contributed by atoms with Gasteiger partial charge in [-0.3, -0.25) is 14.4 Å². The summed E-state index contributed by atoms with van der Waals surface area (Å²) in [6.07, 6.45) is 3.29. The number of amides is 3. The van der Waals surface area contributed by atoms with Crippen LogP contribution in [-0.2, 0) is 19.6 Å². The Morgan fingerprint density at radius 3 is 2.34 bits per heavy atom. The lowest BCUT2D eigenvalue weighted by Crippen LogP contribution is -2.47. The first kappa shape index (κ1) is 21.1. The van der Waals surface area contributed by atoms with Gasteiger partial charge in [-0.15, -0.1) is 0 Å². The number of anilines is 1. The highest BCUT2D eigenvalue weighted by molar-refractivity contribution is 7.93. The molecule has 3 amide bonds. The van der Waals surface area contributed by atoms with Crippen molar-refractivity contribution in [3.8, 4) is 0 Å². The van der Waals surface area contributed by atoms with E-state index in [1.165, 1.54) is 35.5 Å². The first-order chi connectivity index (χ1) is 13.8. The Balaban J connectivity index is 1.52. The number of hydrogen-bond donors (Lipinski definition) is 2. The summed E-state index contributed by atoms with van der Waals surface area (Å²) >= 11 is 0. The highest BCUT2D eigenvalue weighted by Crippen LogP contribution is 2.24. The molecule has 0 spiro atoms. The number of hydrogen-bond acceptors (Lipinski definition) is 6. The summed E-state index contributed by atoms with van der Waals surface area (Å²) in [6.45, 7) is 1.79. The van der Waals surface area contributed by atoms with Crippen LogP contribution in [0.15, 0.2) is 24.3 Å². The molecule has 158 valence electrons. The van der Waals surface area contributed by atoms with Crippen molar-refractivity contribution in [2.45, 2.75) is 51.2 Å². The predicted octanol–water partition coefficient (Wildman–Crippen LogP) is 1.54. The lowest BCUT2D eigenvalue weighted by atomic mass is 10.2. The number of nitrogens with zero attached hydrogens (tertiary/aromatic N) is 1. The van der Waals surface area contributed by atoms with Crippen LogP contribution in [-0.4, -0.2) is 50.8 Å². The molecule has 9 nitrogen and oxygen atoms in total. The van der Waals surface area contributed by atoms with Crippen LogP contribution in [0.3, 0.4) is 0 Å². The highest BCUT2D eigenvalue weighted by atomic mass is 32.2. The van der Waals surface area contributed by atoms with Crippen molar-refractivity contribution in [1.82, 2.24) is 10.6 Å². The molecule has 0 bridgehead atoms. The zero-order valence-electron chi connectivity index (χ0n) is 16.2. The van der Waals surface area contributed by atoms with E-state index in [2.05, 4.69) is 10.6 Å². The molecular formula is C19H25N3O6S. The molecule has 1 unspecified atom stereocenters. The fourth-order valence-corrected chi connectivity index (χ4v) is 5.05. The van der Waals surface area contributed by atoms with Gasteiger partial charge in [0.05, 0.1) is 17.0 Å². The van der Waals surface area contributed by atoms with E-state index in [1.807, 2.05) is 0 Å². The van der Waals surface area contributed by atoms with E-state index in [-0.39, 0.29) is 17.4 Å². The Kier molecular flexibility index (Phi) is 6.41. The number of sulfonamides is 1. The molecule has 1 atom stereocenters. The zero-order valence-corrected chi connectivity index (χ0v) is 17.0. The van der Waals surface area contributed by atoms with Gasteiger partial charge in [-0.2, -0.15) is 0 Å². The van der Waals surface area contributed by atoms with Gasteiger partial charge in [-0.1, -0.05) is 12.8 Å². The van der Waals surface area contributed by atoms with Crippen LogP contribution in [0, 0.1) is 0 Å². The molecule has 1 aromatic rings. The van der Waals surface area contributed by atoms with E-state index in [0.29, 0.717) is 18.7 Å². The molecule has 1 aliphatic heterocycles. The van der Waals surface area contributed by atoms with Gasteiger partial charge in [0.25, 0.3) is 5.91 Å². The molecule has 0 aromatic heterocycles. The van der Waals surface area contributed by atoms with Crippen LogP contribution in [0.25, 0.3) is 0 Å². The fraction of sp³-hybridized carbons (Fsp3) is 0.526. The van der Waals surface area contributed by atoms with Crippen LogP contribution in [0.2, 0.25) is 0 Å². The van der Waals surface area contributed by atoms with Crippen LogP contribution in [0.4, 0.5) is 10.5 Å². The van der Waals surface area contributed by atoms with E-state index in [9.17, 15) is 22.8 Å². The first-order valence-electron chi connectivity index (χ1n) is 9.69. The van der Waals surface area contributed by atoms with E-state index >= 15 is 0 Å². The van der Waals surface area contributed by atoms with Gasteiger partial charge in [0.15, 0.2) is 6.10 Å². The van der Waals surface area contributed by atoms with E-state index in [0.717, 1.165) is 25.7 Å². The van der Waals surface area contributed by atoms with Crippen molar-refractivity contribution >= 4 is 33.6 Å². The number of rotatable bonds is 5. The average molecular weight is 423 g/mol. The number of carbonyl (C=O) groups is 3. The second-order valence-electron chi connectivity index (χ2n) is 7.28. The smallest absolute Gasteiger partial charge is 0.338 e. The number of carbonyl (C=O) groups excluding carboxylic acids is 3. The summed E-state index contributed by atoms with van der Waals surface area (Å²) in [7, 11) is -3.30. The van der Waals surface area contributed by atoms with Crippen molar-refractivity contribution in [1.29, 1.82) is 0 Å². The maximum atomic E-state index is 12.2. The predicted molar refractivity (Wildman–Crippen MR) is 106 cm³/mol. The largest absolute Gasteiger partial charge is 0.449 e. The summed E-state index contributed by atoms with van der Waals surface area (Å²) in [6, 6.07) is 5.42. The van der Waals surface area contributed by atoms with Crippen molar-refractivity contribution < 1.29 is 27.5 Å². The van der Waals surface area contributed by atoms with E-state index < -0.39 is 34.0 Å². The minimum atomic E-state index is -3.30. The zero-order chi connectivity index (χ0) is 21.0. The molecule has 0 radical (unpaired) electrons. The summed E-state index contributed by atoms with van der Waals surface area (Å²) in [4.78, 5) is 36.2. The molecule has 2 fully saturated rings. The minimum Gasteiger partial charge on any atom is -0.449 e. The third-order valence-electron chi connectivity index (χ3n) is 5.07. The van der Waals surface area contributed by atoms with Gasteiger partial charge in [-0.25, -0.2) is 18.0 Å². The maximum Gasteiger partial charge on any atom is 0.338 e. The third kappa shape index (κ3) is 5.26. The number of benzene rings is 1. The molecule has 3 rings (SSSR count). The molecule has 1 saturated carbocycles. The Morgan fingerprint density at radius 2 is 1.76 bits per heavy atom. The van der Waals surface area contributed by atoms with Crippen LogP contribution in [0.5, 0.6) is 0 Å². The van der Waals surface area contributed by atoms with E-state index in [4.69, 9.17) is 4.74 Å². The van der Waals surface area contributed by atoms with Crippen molar-refractivity contribution in [3.63, 3.8) is 0 Å². The molecule has 10 heteroatoms. The second kappa shape index (κ2) is 8.81. The van der Waals surface area contributed by atoms with Gasteiger partial charge in [0.1, 0.15) is 0 Å². The van der Waals surface area contributed by atoms with Crippen molar-refractivity contribution in [3.05, 3.63) is 29.8 Å². The van der Waals surface area contributed by atoms with Gasteiger partial charge in [0.2, 0.25) is 10.0 Å². The summed E-state index contributed by atoms with van der Waals surface area (Å²) in [5, 5.41) is 4.90. The second-order valence-corrected chi connectivity index (χ2v) is 9.29. The number of ether oxygens (including phenoxy) is 1. The average Bonchev–Trinajstić information content (AvgIpc) is 3.30. The lowest BCUT2D eigenvalue weighted by Gasteiger charge is -2.17. The summed E-state index contributed by atoms with van der Waals surface area (Å²) < 4.78 is 30.3. The van der Waals surface area contributed by atoms with Crippen LogP contribution in [0.1, 0.15) is 49.4 Å². The Morgan fingerprint density at radius 1 is 1.10 bits per heavy atom. The number of nitrogens with one attached hydrogen (secondary N) is 2. The molecule has 1 aliphatic carbocycles. The molecule has 2 aliphatic rings. The van der Waals surface area contributed by atoms with E-state index in [1.54, 1.807) is 0 Å². The molecule has 1 heterocycles. The van der Waals surface area contributed by atoms with Gasteiger partial charge in [0, 0.05) is 12.6 Å². The SMILES string of the molecule is CC(OC(=O)c1ccc(N2CCCS2(=O)=O)cc1)C(=O)NC(=O)NC1CCCC1. The Hall–Kier alpha value is -2.62. The molecule has 1 aromatic carbocycles. The number of imide groups is 1. The highest BCUT2D eigenvalue weighted by Gasteiger charge is 2.28. The fourth-order valence-electron chi connectivity index (χ4n) is 3.48. The van der Waals surface area contributed by atoms with Crippen LogP contribution >= 0.6 is 0 Å². The minimum absolute atomic E-state index is 0.0681. The topological polar surface area (TPSA) is 122 Å². The summed E-state index contributed by atoms with van der Waals surface area (Å²) in [5.41, 5.74) is 0.661. The lowest BCUT2D eigenvalue weighted by molar-refractivity contribution is -0.127. The summed E-state index contributed by atoms with van der Waals surface area (Å²) in [5.74, 6) is -1.34. The van der Waals surface area contributed by atoms with Gasteiger partial charge in [-0.05, 0) is 50.5 Å². The van der Waals surface area contributed by atoms with Crippen molar-refractivity contribution in [2.24, 2.45) is 0 Å². The molecule has 29 heavy (non-hydrogen) atoms. The maximum absolute atomic E-state index is 12.2. The molecule has 2 N–H and O–H groups in total. The van der Waals surface area contributed by atoms with Gasteiger partial charge < -0.3 is 10.1 Å². The van der Waals surface area contributed by atoms with Crippen LogP contribution < -0.4 is 14.9 Å². The quantitative estimate of drug-likeness (QED) is 0.693. The first-order valence-corrected chi connectivity index (χ1v) is 11.3. The molecular weight excluding hydrogens is 398 g/mol. The Bertz CT molecular complexity index is 878.